The molecule has 180 valence electrons. The van der Waals surface area contributed by atoms with Gasteiger partial charge in [-0.05, 0) is 68.1 Å². The van der Waals surface area contributed by atoms with Crippen LogP contribution in [0.3, 0.4) is 0 Å². The lowest BCUT2D eigenvalue weighted by Crippen LogP contribution is -2.38. The van der Waals surface area contributed by atoms with Crippen molar-refractivity contribution in [1.82, 2.24) is 9.47 Å². The Morgan fingerprint density at radius 1 is 1.03 bits per heavy atom. The molecule has 0 atom stereocenters. The van der Waals surface area contributed by atoms with Crippen LogP contribution >= 0.6 is 0 Å². The van der Waals surface area contributed by atoms with Gasteiger partial charge in [0.05, 0.1) is 26.4 Å². The van der Waals surface area contributed by atoms with E-state index in [0.29, 0.717) is 17.1 Å². The number of fused-ring (bicyclic) bond motifs is 1. The second-order valence-corrected chi connectivity index (χ2v) is 9.08. The molecule has 1 aliphatic carbocycles. The molecular weight excluding hydrogens is 430 g/mol. The molecule has 0 radical (unpaired) electrons. The lowest BCUT2D eigenvalue weighted by Gasteiger charge is -2.26. The van der Waals surface area contributed by atoms with Gasteiger partial charge in [0.15, 0.2) is 11.5 Å². The fourth-order valence-corrected chi connectivity index (χ4v) is 4.84. The number of morpholine rings is 1. The number of aromatic nitrogens is 1. The predicted molar refractivity (Wildman–Crippen MR) is 133 cm³/mol. The van der Waals surface area contributed by atoms with Gasteiger partial charge in [0.2, 0.25) is 0 Å². The van der Waals surface area contributed by atoms with Crippen LogP contribution in [0, 0.1) is 0 Å². The Balaban J connectivity index is 1.24. The van der Waals surface area contributed by atoms with Gasteiger partial charge >= 0.3 is 0 Å². The first-order valence-corrected chi connectivity index (χ1v) is 12.2. The van der Waals surface area contributed by atoms with Gasteiger partial charge in [-0.15, -0.1) is 0 Å². The molecule has 0 unspecified atom stereocenters. The third-order valence-corrected chi connectivity index (χ3v) is 6.81. The van der Waals surface area contributed by atoms with E-state index in [4.69, 9.17) is 14.2 Å². The zero-order valence-electron chi connectivity index (χ0n) is 19.8. The number of nitrogens with one attached hydrogen (secondary N) is 1. The monoisotopic (exact) mass is 463 g/mol. The molecule has 2 aliphatic rings. The Labute approximate surface area is 200 Å². The van der Waals surface area contributed by atoms with Gasteiger partial charge in [0.25, 0.3) is 5.91 Å². The highest BCUT2D eigenvalue weighted by atomic mass is 16.5. The molecule has 3 aromatic rings. The third-order valence-electron chi connectivity index (χ3n) is 6.81. The van der Waals surface area contributed by atoms with Crippen molar-refractivity contribution in [2.24, 2.45) is 0 Å². The fraction of sp³-hybridized carbons (Fsp3) is 0.444. The highest BCUT2D eigenvalue weighted by Gasteiger charge is 2.19. The van der Waals surface area contributed by atoms with Crippen molar-refractivity contribution in [2.45, 2.75) is 38.3 Å². The number of ether oxygens (including phenoxy) is 3. The van der Waals surface area contributed by atoms with E-state index in [9.17, 15) is 4.79 Å². The van der Waals surface area contributed by atoms with E-state index < -0.39 is 0 Å². The molecule has 7 heteroatoms. The van der Waals surface area contributed by atoms with Gasteiger partial charge in [0, 0.05) is 54.5 Å². The van der Waals surface area contributed by atoms with Gasteiger partial charge in [0.1, 0.15) is 0 Å². The summed E-state index contributed by atoms with van der Waals surface area (Å²) in [5.74, 6) is 1.12. The Bertz CT molecular complexity index is 1130. The van der Waals surface area contributed by atoms with Crippen LogP contribution < -0.4 is 14.8 Å². The van der Waals surface area contributed by atoms with E-state index in [-0.39, 0.29) is 12.0 Å². The van der Waals surface area contributed by atoms with E-state index in [1.165, 1.54) is 18.4 Å². The largest absolute Gasteiger partial charge is 0.493 e. The topological polar surface area (TPSA) is 65.0 Å². The number of hydrogen-bond donors (Lipinski definition) is 1. The maximum Gasteiger partial charge on any atom is 0.255 e. The summed E-state index contributed by atoms with van der Waals surface area (Å²) in [6.45, 7) is 5.56. The van der Waals surface area contributed by atoms with E-state index in [1.54, 1.807) is 19.2 Å². The minimum Gasteiger partial charge on any atom is -0.493 e. The summed E-state index contributed by atoms with van der Waals surface area (Å²) in [6, 6.07) is 13.5. The minimum absolute atomic E-state index is 0.170. The molecule has 5 rings (SSSR count). The summed E-state index contributed by atoms with van der Waals surface area (Å²) < 4.78 is 19.3. The molecule has 1 aliphatic heterocycles. The molecule has 7 nitrogen and oxygen atoms in total. The number of hydrogen-bond acceptors (Lipinski definition) is 5. The summed E-state index contributed by atoms with van der Waals surface area (Å²) in [7, 11) is 1.61. The number of anilines is 1. The Hall–Kier alpha value is -3.03. The molecule has 0 bridgehead atoms. The van der Waals surface area contributed by atoms with Gasteiger partial charge in [-0.25, -0.2) is 0 Å². The second kappa shape index (κ2) is 10.5. The van der Waals surface area contributed by atoms with Crippen molar-refractivity contribution >= 4 is 22.5 Å². The quantitative estimate of drug-likeness (QED) is 0.531. The highest BCUT2D eigenvalue weighted by molar-refractivity contribution is 6.05. The highest BCUT2D eigenvalue weighted by Crippen LogP contribution is 2.32. The maximum atomic E-state index is 12.9. The van der Waals surface area contributed by atoms with E-state index in [1.807, 2.05) is 18.2 Å². The fourth-order valence-electron chi connectivity index (χ4n) is 4.84. The smallest absolute Gasteiger partial charge is 0.255 e. The number of benzene rings is 2. The molecule has 34 heavy (non-hydrogen) atoms. The predicted octanol–water partition coefficient (Wildman–Crippen LogP) is 4.56. The number of amides is 1. The molecule has 1 saturated heterocycles. The van der Waals surface area contributed by atoms with Crippen LogP contribution in [0.25, 0.3) is 10.9 Å². The van der Waals surface area contributed by atoms with Crippen molar-refractivity contribution in [3.8, 4) is 11.5 Å². The number of carbonyl (C=O) groups is 1. The number of nitrogens with zero attached hydrogens (tertiary/aromatic N) is 2. The van der Waals surface area contributed by atoms with Gasteiger partial charge in [-0.1, -0.05) is 0 Å². The van der Waals surface area contributed by atoms with Crippen LogP contribution in [0.4, 0.5) is 5.69 Å². The average Bonchev–Trinajstić information content (AvgIpc) is 3.53. The Kier molecular flexibility index (Phi) is 7.02. The molecule has 1 N–H and O–H groups in total. The molecule has 1 saturated carbocycles. The van der Waals surface area contributed by atoms with E-state index >= 15 is 0 Å². The summed E-state index contributed by atoms with van der Waals surface area (Å²) >= 11 is 0. The standard InChI is InChI=1S/C27H33N3O4/c1-32-26-19-21(6-9-25(26)34-23-4-2-3-5-23)27(31)28-22-7-8-24-20(18-22)10-11-30(24)13-12-29-14-16-33-17-15-29/h6-11,18-19,23H,2-5,12-17H2,1H3,(H,28,31). The van der Waals surface area contributed by atoms with Crippen molar-refractivity contribution in [2.75, 3.05) is 45.3 Å². The number of rotatable bonds is 8. The summed E-state index contributed by atoms with van der Waals surface area (Å²) in [5, 5.41) is 4.13. The van der Waals surface area contributed by atoms with Crippen LogP contribution in [0.15, 0.2) is 48.7 Å². The van der Waals surface area contributed by atoms with E-state index in [0.717, 1.165) is 63.3 Å². The average molecular weight is 464 g/mol. The second-order valence-electron chi connectivity index (χ2n) is 9.08. The first-order valence-electron chi connectivity index (χ1n) is 12.2. The first-order chi connectivity index (χ1) is 16.7. The van der Waals surface area contributed by atoms with Crippen molar-refractivity contribution < 1.29 is 19.0 Å². The van der Waals surface area contributed by atoms with Crippen LogP contribution in [0.5, 0.6) is 11.5 Å². The van der Waals surface area contributed by atoms with E-state index in [2.05, 4.69) is 33.1 Å². The molecule has 2 aromatic carbocycles. The normalized spacial score (nSPS) is 17.2. The third kappa shape index (κ3) is 5.21. The molecule has 1 amide bonds. The number of carbonyl (C=O) groups excluding carboxylic acids is 1. The SMILES string of the molecule is COc1cc(C(=O)Nc2ccc3c(ccn3CCN3CCOCC3)c2)ccc1OC1CCCC1. The summed E-state index contributed by atoms with van der Waals surface area (Å²) in [4.78, 5) is 15.4. The maximum absolute atomic E-state index is 12.9. The number of methoxy groups -OCH3 is 1. The van der Waals surface area contributed by atoms with Crippen molar-refractivity contribution in [1.29, 1.82) is 0 Å². The van der Waals surface area contributed by atoms with Crippen LogP contribution in [-0.2, 0) is 11.3 Å². The van der Waals surface area contributed by atoms with Crippen molar-refractivity contribution in [3.05, 3.63) is 54.2 Å². The van der Waals surface area contributed by atoms with Gasteiger partial charge in [-0.2, -0.15) is 0 Å². The lowest BCUT2D eigenvalue weighted by molar-refractivity contribution is 0.0365. The Morgan fingerprint density at radius 3 is 2.65 bits per heavy atom. The summed E-state index contributed by atoms with van der Waals surface area (Å²) in [5.41, 5.74) is 2.48. The van der Waals surface area contributed by atoms with Crippen molar-refractivity contribution in [3.63, 3.8) is 0 Å². The van der Waals surface area contributed by atoms with Gasteiger partial charge in [-0.3, -0.25) is 9.69 Å². The van der Waals surface area contributed by atoms with Crippen LogP contribution in [0.2, 0.25) is 0 Å². The zero-order valence-corrected chi connectivity index (χ0v) is 19.8. The zero-order chi connectivity index (χ0) is 23.3. The summed E-state index contributed by atoms with van der Waals surface area (Å²) in [6.07, 6.45) is 6.90. The Morgan fingerprint density at radius 2 is 1.85 bits per heavy atom. The lowest BCUT2D eigenvalue weighted by atomic mass is 10.1. The molecule has 2 fully saturated rings. The van der Waals surface area contributed by atoms with Gasteiger partial charge < -0.3 is 24.1 Å². The first kappa shape index (κ1) is 22.7. The minimum atomic E-state index is -0.170. The molecular formula is C27H33N3O4. The molecule has 0 spiro atoms. The molecule has 2 heterocycles. The molecule has 1 aromatic heterocycles. The van der Waals surface area contributed by atoms with Crippen LogP contribution in [0.1, 0.15) is 36.0 Å². The van der Waals surface area contributed by atoms with Crippen LogP contribution in [-0.4, -0.2) is 61.4 Å².